The van der Waals surface area contributed by atoms with Crippen molar-refractivity contribution >= 4 is 50.8 Å². The van der Waals surface area contributed by atoms with E-state index < -0.39 is 5.97 Å². The van der Waals surface area contributed by atoms with Crippen LogP contribution < -0.4 is 5.32 Å². The van der Waals surface area contributed by atoms with E-state index in [-0.39, 0.29) is 18.9 Å². The summed E-state index contributed by atoms with van der Waals surface area (Å²) in [6.45, 7) is 2.43. The van der Waals surface area contributed by atoms with Crippen LogP contribution in [-0.2, 0) is 16.1 Å². The van der Waals surface area contributed by atoms with Crippen LogP contribution in [0.25, 0.3) is 33.1 Å². The maximum absolute atomic E-state index is 12.7. The summed E-state index contributed by atoms with van der Waals surface area (Å²) in [5.41, 5.74) is 4.50. The Morgan fingerprint density at radius 1 is 1.00 bits per heavy atom. The summed E-state index contributed by atoms with van der Waals surface area (Å²) < 4.78 is 7.02. The van der Waals surface area contributed by atoms with E-state index in [1.54, 1.807) is 13.0 Å². The van der Waals surface area contributed by atoms with E-state index in [1.165, 1.54) is 12.3 Å². The van der Waals surface area contributed by atoms with Crippen LogP contribution in [0.5, 0.6) is 0 Å². The van der Waals surface area contributed by atoms with Crippen molar-refractivity contribution in [1.29, 1.82) is 0 Å². The fourth-order valence-corrected chi connectivity index (χ4v) is 3.87. The molecule has 0 atom stereocenters. The second-order valence-electron chi connectivity index (χ2n) is 7.50. The largest absolute Gasteiger partial charge is 0.462 e. The van der Waals surface area contributed by atoms with Crippen molar-refractivity contribution in [3.8, 4) is 0 Å². The van der Waals surface area contributed by atoms with E-state index in [2.05, 4.69) is 10.3 Å². The third-order valence-electron chi connectivity index (χ3n) is 5.36. The maximum atomic E-state index is 12.7. The molecule has 0 aliphatic heterocycles. The summed E-state index contributed by atoms with van der Waals surface area (Å²) in [5.74, 6) is -0.367. The van der Waals surface area contributed by atoms with Gasteiger partial charge in [0.1, 0.15) is 11.3 Å². The number of aromatic nitrogens is 4. The highest BCUT2D eigenvalue weighted by atomic mass is 16.5. The minimum atomic E-state index is -0.452. The van der Waals surface area contributed by atoms with E-state index in [1.807, 2.05) is 53.1 Å². The number of para-hydroxylation sites is 3. The Balaban J connectivity index is 1.41. The number of rotatable bonds is 6. The van der Waals surface area contributed by atoms with Crippen molar-refractivity contribution < 1.29 is 14.3 Å². The van der Waals surface area contributed by atoms with Gasteiger partial charge in [0.2, 0.25) is 5.91 Å². The van der Waals surface area contributed by atoms with Crippen LogP contribution >= 0.6 is 0 Å². The molecule has 0 bridgehead atoms. The van der Waals surface area contributed by atoms with Crippen LogP contribution in [-0.4, -0.2) is 38.0 Å². The van der Waals surface area contributed by atoms with E-state index in [0.717, 1.165) is 33.1 Å². The van der Waals surface area contributed by atoms with Gasteiger partial charge in [0.15, 0.2) is 5.65 Å². The number of benzene rings is 2. The molecule has 2 aromatic carbocycles. The molecule has 0 fully saturated rings. The average Bonchev–Trinajstić information content (AvgIpc) is 3.14. The molecule has 8 heteroatoms. The molecule has 164 valence electrons. The van der Waals surface area contributed by atoms with Gasteiger partial charge < -0.3 is 14.6 Å². The molecule has 33 heavy (non-hydrogen) atoms. The van der Waals surface area contributed by atoms with Crippen LogP contribution in [0.3, 0.4) is 0 Å². The summed E-state index contributed by atoms with van der Waals surface area (Å²) in [6.07, 6.45) is 1.67. The van der Waals surface area contributed by atoms with Crippen molar-refractivity contribution in [2.24, 2.45) is 0 Å². The van der Waals surface area contributed by atoms with Crippen LogP contribution in [0.2, 0.25) is 0 Å². The Bertz CT molecular complexity index is 1510. The van der Waals surface area contributed by atoms with Gasteiger partial charge in [-0.3, -0.25) is 4.79 Å². The first kappa shape index (κ1) is 20.6. The van der Waals surface area contributed by atoms with E-state index >= 15 is 0 Å². The quantitative estimate of drug-likeness (QED) is 0.395. The van der Waals surface area contributed by atoms with Crippen molar-refractivity contribution in [2.45, 2.75) is 19.9 Å². The average molecular weight is 439 g/mol. The second kappa shape index (κ2) is 8.66. The standard InChI is InChI=1S/C25H21N5O3/c1-2-33-25(32)16-11-13-26-21(15-16)29-22(31)12-14-30-20-10-6-3-7-17(20)23-24(30)28-19-9-5-4-8-18(19)27-23/h3-11,13,15H,2,12,14H2,1H3,(H,26,29,31). The third kappa shape index (κ3) is 3.98. The number of carbonyl (C=O) groups excluding carboxylic acids is 2. The lowest BCUT2D eigenvalue weighted by molar-refractivity contribution is -0.116. The highest BCUT2D eigenvalue weighted by Gasteiger charge is 2.16. The SMILES string of the molecule is CCOC(=O)c1ccnc(NC(=O)CCn2c3ccccc3c3nc4ccccc4nc32)c1. The normalized spacial score (nSPS) is 11.2. The molecule has 1 N–H and O–H groups in total. The molecule has 5 rings (SSSR count). The van der Waals surface area contributed by atoms with Crippen molar-refractivity contribution in [2.75, 3.05) is 11.9 Å². The third-order valence-corrected chi connectivity index (χ3v) is 5.36. The van der Waals surface area contributed by atoms with Gasteiger partial charge in [-0.2, -0.15) is 0 Å². The summed E-state index contributed by atoms with van der Waals surface area (Å²) in [7, 11) is 0. The monoisotopic (exact) mass is 439 g/mol. The Morgan fingerprint density at radius 3 is 2.58 bits per heavy atom. The van der Waals surface area contributed by atoms with E-state index in [4.69, 9.17) is 14.7 Å². The molecule has 3 aromatic heterocycles. The number of carbonyl (C=O) groups is 2. The smallest absolute Gasteiger partial charge is 0.338 e. The molecule has 0 saturated heterocycles. The lowest BCUT2D eigenvalue weighted by Gasteiger charge is -2.09. The fraction of sp³-hybridized carbons (Fsp3) is 0.160. The van der Waals surface area contributed by atoms with Gasteiger partial charge in [-0.05, 0) is 37.3 Å². The summed E-state index contributed by atoms with van der Waals surface area (Å²) in [5, 5.41) is 3.76. The number of aryl methyl sites for hydroxylation is 1. The highest BCUT2D eigenvalue weighted by molar-refractivity contribution is 6.06. The number of anilines is 1. The predicted molar refractivity (Wildman–Crippen MR) is 126 cm³/mol. The number of pyridine rings is 1. The highest BCUT2D eigenvalue weighted by Crippen LogP contribution is 2.28. The van der Waals surface area contributed by atoms with Gasteiger partial charge in [0, 0.05) is 24.5 Å². The molecular weight excluding hydrogens is 418 g/mol. The van der Waals surface area contributed by atoms with Gasteiger partial charge in [0.05, 0.1) is 28.7 Å². The molecular formula is C25H21N5O3. The molecule has 0 spiro atoms. The van der Waals surface area contributed by atoms with Crippen molar-refractivity contribution in [1.82, 2.24) is 19.5 Å². The van der Waals surface area contributed by atoms with Crippen LogP contribution in [0.15, 0.2) is 66.9 Å². The zero-order valence-electron chi connectivity index (χ0n) is 18.0. The molecule has 0 aliphatic carbocycles. The van der Waals surface area contributed by atoms with Gasteiger partial charge in [-0.1, -0.05) is 30.3 Å². The molecule has 0 aliphatic rings. The van der Waals surface area contributed by atoms with Crippen molar-refractivity contribution in [3.05, 3.63) is 72.4 Å². The summed E-state index contributed by atoms with van der Waals surface area (Å²) in [6, 6.07) is 18.8. The molecule has 5 aromatic rings. The van der Waals surface area contributed by atoms with Gasteiger partial charge >= 0.3 is 5.97 Å². The first-order valence-corrected chi connectivity index (χ1v) is 10.7. The minimum absolute atomic E-state index is 0.202. The summed E-state index contributed by atoms with van der Waals surface area (Å²) >= 11 is 0. The lowest BCUT2D eigenvalue weighted by atomic mass is 10.2. The second-order valence-corrected chi connectivity index (χ2v) is 7.50. The number of esters is 1. The number of hydrogen-bond donors (Lipinski definition) is 1. The Morgan fingerprint density at radius 2 is 1.76 bits per heavy atom. The molecule has 8 nitrogen and oxygen atoms in total. The van der Waals surface area contributed by atoms with E-state index in [0.29, 0.717) is 17.9 Å². The number of amides is 1. The van der Waals surface area contributed by atoms with Gasteiger partial charge in [0.25, 0.3) is 0 Å². The maximum Gasteiger partial charge on any atom is 0.338 e. The zero-order valence-corrected chi connectivity index (χ0v) is 18.0. The Hall–Kier alpha value is -4.33. The molecule has 0 saturated carbocycles. The zero-order chi connectivity index (χ0) is 22.8. The number of hydrogen-bond acceptors (Lipinski definition) is 6. The molecule has 1 amide bonds. The number of fused-ring (bicyclic) bond motifs is 4. The Kier molecular flexibility index (Phi) is 5.40. The topological polar surface area (TPSA) is 99.0 Å². The first-order valence-electron chi connectivity index (χ1n) is 10.7. The van der Waals surface area contributed by atoms with Gasteiger partial charge in [-0.15, -0.1) is 0 Å². The molecule has 3 heterocycles. The number of ether oxygens (including phenoxy) is 1. The fourth-order valence-electron chi connectivity index (χ4n) is 3.87. The van der Waals surface area contributed by atoms with Crippen LogP contribution in [0, 0.1) is 0 Å². The van der Waals surface area contributed by atoms with Crippen molar-refractivity contribution in [3.63, 3.8) is 0 Å². The van der Waals surface area contributed by atoms with Crippen LogP contribution in [0.1, 0.15) is 23.7 Å². The Labute approximate surface area is 189 Å². The summed E-state index contributed by atoms with van der Waals surface area (Å²) in [4.78, 5) is 38.4. The minimum Gasteiger partial charge on any atom is -0.462 e. The molecule has 0 unspecified atom stereocenters. The first-order chi connectivity index (χ1) is 16.1. The van der Waals surface area contributed by atoms with Crippen LogP contribution in [0.4, 0.5) is 5.82 Å². The number of nitrogens with zero attached hydrogens (tertiary/aromatic N) is 4. The number of nitrogens with one attached hydrogen (secondary N) is 1. The van der Waals surface area contributed by atoms with Gasteiger partial charge in [-0.25, -0.2) is 19.7 Å². The lowest BCUT2D eigenvalue weighted by Crippen LogP contribution is -2.16. The predicted octanol–water partition coefficient (Wildman–Crippen LogP) is 4.34. The van der Waals surface area contributed by atoms with E-state index in [9.17, 15) is 9.59 Å². The molecule has 0 radical (unpaired) electrons.